The van der Waals surface area contributed by atoms with Crippen LogP contribution in [0.2, 0.25) is 0 Å². The summed E-state index contributed by atoms with van der Waals surface area (Å²) in [7, 11) is -0.627. The van der Waals surface area contributed by atoms with E-state index in [2.05, 4.69) is 195 Å². The van der Waals surface area contributed by atoms with E-state index in [1.165, 1.54) is 55.6 Å². The molecule has 1 heterocycles. The topological polar surface area (TPSA) is 0 Å². The Kier molecular flexibility index (Phi) is 10.0. The molecule has 3 aliphatic rings. The number of fused-ring (bicyclic) bond motifs is 5. The number of hydrogen-bond donors (Lipinski definition) is 0. The van der Waals surface area contributed by atoms with Gasteiger partial charge >= 0.3 is 349 Å². The van der Waals surface area contributed by atoms with Crippen molar-refractivity contribution in [2.75, 3.05) is 0 Å². The van der Waals surface area contributed by atoms with E-state index in [0.29, 0.717) is 30.9 Å². The molecule has 6 aromatic carbocycles. The van der Waals surface area contributed by atoms with Crippen molar-refractivity contribution < 1.29 is 21.8 Å². The first-order valence-corrected chi connectivity index (χ1v) is 26.6. The van der Waals surface area contributed by atoms with Gasteiger partial charge in [-0.25, -0.2) is 0 Å². The number of benzene rings is 6. The second-order valence-electron chi connectivity index (χ2n) is 17.7. The zero-order chi connectivity index (χ0) is 38.8. The fraction of sp³-hybridized carbons (Fsp3) is 0.259. The average Bonchev–Trinajstić information content (AvgIpc) is 3.91. The van der Waals surface area contributed by atoms with Gasteiger partial charge in [0, 0.05) is 0 Å². The molecule has 0 amide bonds. The normalized spacial score (nSPS) is 17.1. The molecule has 2 atom stereocenters. The summed E-state index contributed by atoms with van der Waals surface area (Å²) in [6.45, 7) is 19.2. The monoisotopic (exact) mass is 821 g/mol. The molecular weight excluding hydrogens is 768 g/mol. The van der Waals surface area contributed by atoms with Gasteiger partial charge in [0.05, 0.1) is 0 Å². The number of hydrogen-bond acceptors (Lipinski definition) is 0. The Morgan fingerprint density at radius 3 is 1.34 bits per heavy atom. The molecule has 0 fully saturated rings. The Labute approximate surface area is 346 Å². The summed E-state index contributed by atoms with van der Waals surface area (Å²) < 4.78 is 2.68. The third-order valence-corrected chi connectivity index (χ3v) is 24.9. The summed E-state index contributed by atoms with van der Waals surface area (Å²) >= 11 is -2.89. The summed E-state index contributed by atoms with van der Waals surface area (Å²) in [5.41, 5.74) is 21.0. The summed E-state index contributed by atoms with van der Waals surface area (Å²) in [5.74, 6) is 1.83. The first-order valence-electron chi connectivity index (χ1n) is 21.1. The fourth-order valence-corrected chi connectivity index (χ4v) is 25.2. The van der Waals surface area contributed by atoms with Gasteiger partial charge in [-0.05, 0) is 0 Å². The summed E-state index contributed by atoms with van der Waals surface area (Å²) in [6.07, 6.45) is 5.36. The van der Waals surface area contributed by atoms with E-state index in [4.69, 9.17) is 0 Å². The van der Waals surface area contributed by atoms with Gasteiger partial charge in [0.2, 0.25) is 0 Å². The van der Waals surface area contributed by atoms with Crippen molar-refractivity contribution in [3.8, 4) is 33.4 Å². The second-order valence-corrected chi connectivity index (χ2v) is 25.9. The summed E-state index contributed by atoms with van der Waals surface area (Å²) in [6, 6.07) is 49.9. The van der Waals surface area contributed by atoms with Gasteiger partial charge in [0.1, 0.15) is 0 Å². The SMILES string of the molecule is CC(C)C1=Cc2c(-c3ccccc3C(C)C)cccc2[CH]1[Zr]([c]1cccc2c1[SiH2]c1ccccc1-2)[CH]1C(C(C)C)=Cc2c(-c3ccccc3C(C)C)cccc21. The maximum atomic E-state index is 2.68. The van der Waals surface area contributed by atoms with E-state index < -0.39 is 31.3 Å². The molecule has 0 radical (unpaired) electrons. The van der Waals surface area contributed by atoms with Crippen LogP contribution in [0.15, 0.2) is 139 Å². The Bertz CT molecular complexity index is 2420. The molecule has 0 saturated carbocycles. The van der Waals surface area contributed by atoms with Gasteiger partial charge in [-0.2, -0.15) is 0 Å². The Balaban J connectivity index is 1.32. The van der Waals surface area contributed by atoms with Gasteiger partial charge in [-0.3, -0.25) is 0 Å². The Morgan fingerprint density at radius 2 is 0.839 bits per heavy atom. The number of allylic oxidation sites excluding steroid dienone is 2. The van der Waals surface area contributed by atoms with E-state index in [-0.39, 0.29) is 0 Å². The first-order chi connectivity index (χ1) is 27.1. The Hall–Kier alpha value is -4.10. The van der Waals surface area contributed by atoms with Crippen molar-refractivity contribution in [1.82, 2.24) is 0 Å². The zero-order valence-electron chi connectivity index (χ0n) is 34.5. The molecular formula is C54H55SiZr. The Morgan fingerprint density at radius 1 is 0.411 bits per heavy atom. The van der Waals surface area contributed by atoms with E-state index >= 15 is 0 Å². The van der Waals surface area contributed by atoms with Gasteiger partial charge in [-0.1, -0.05) is 0 Å². The van der Waals surface area contributed by atoms with E-state index in [0.717, 1.165) is 0 Å². The van der Waals surface area contributed by atoms with Gasteiger partial charge in [0.25, 0.3) is 0 Å². The second kappa shape index (κ2) is 15.0. The van der Waals surface area contributed by atoms with Gasteiger partial charge in [0.15, 0.2) is 0 Å². The van der Waals surface area contributed by atoms with Crippen LogP contribution >= 0.6 is 0 Å². The summed E-state index contributed by atoms with van der Waals surface area (Å²) in [4.78, 5) is 0. The van der Waals surface area contributed by atoms with Crippen LogP contribution < -0.4 is 13.6 Å². The molecule has 0 N–H and O–H groups in total. The van der Waals surface area contributed by atoms with Crippen LogP contribution in [0.4, 0.5) is 0 Å². The summed E-state index contributed by atoms with van der Waals surface area (Å²) in [5, 5.41) is 3.37. The molecule has 0 saturated heterocycles. The van der Waals surface area contributed by atoms with E-state index in [1.807, 2.05) is 0 Å². The average molecular weight is 823 g/mol. The van der Waals surface area contributed by atoms with Gasteiger partial charge in [-0.15, -0.1) is 0 Å². The zero-order valence-corrected chi connectivity index (χ0v) is 38.3. The molecule has 0 spiro atoms. The van der Waals surface area contributed by atoms with Gasteiger partial charge < -0.3 is 0 Å². The molecule has 0 nitrogen and oxygen atoms in total. The molecule has 279 valence electrons. The number of rotatable bonds is 9. The van der Waals surface area contributed by atoms with Crippen molar-refractivity contribution in [3.63, 3.8) is 0 Å². The molecule has 56 heavy (non-hydrogen) atoms. The molecule has 0 bridgehead atoms. The molecule has 2 unspecified atom stereocenters. The molecule has 2 heteroatoms. The first kappa shape index (κ1) is 37.5. The third kappa shape index (κ3) is 6.18. The van der Waals surface area contributed by atoms with Crippen LogP contribution in [0.1, 0.15) is 108 Å². The minimum atomic E-state index is -2.89. The molecule has 6 aromatic rings. The van der Waals surface area contributed by atoms with Crippen molar-refractivity contribution >= 4 is 35.3 Å². The quantitative estimate of drug-likeness (QED) is 0.127. The van der Waals surface area contributed by atoms with Crippen molar-refractivity contribution in [1.29, 1.82) is 0 Å². The fourth-order valence-electron chi connectivity index (χ4n) is 10.4. The van der Waals surface area contributed by atoms with Crippen LogP contribution in [0, 0.1) is 11.8 Å². The van der Waals surface area contributed by atoms with Crippen LogP contribution in [-0.2, 0) is 21.8 Å². The van der Waals surface area contributed by atoms with Crippen LogP contribution in [0.25, 0.3) is 45.5 Å². The van der Waals surface area contributed by atoms with Crippen molar-refractivity contribution in [2.45, 2.75) is 74.5 Å². The molecule has 9 rings (SSSR count). The predicted octanol–water partition coefficient (Wildman–Crippen LogP) is 12.2. The van der Waals surface area contributed by atoms with Crippen LogP contribution in [0.5, 0.6) is 0 Å². The van der Waals surface area contributed by atoms with E-state index in [1.54, 1.807) is 35.9 Å². The van der Waals surface area contributed by atoms with Crippen molar-refractivity contribution in [2.24, 2.45) is 11.8 Å². The van der Waals surface area contributed by atoms with Crippen LogP contribution in [0.3, 0.4) is 0 Å². The van der Waals surface area contributed by atoms with Crippen molar-refractivity contribution in [3.05, 3.63) is 172 Å². The third-order valence-electron chi connectivity index (χ3n) is 13.1. The van der Waals surface area contributed by atoms with E-state index in [9.17, 15) is 0 Å². The predicted molar refractivity (Wildman–Crippen MR) is 242 cm³/mol. The molecule has 2 aliphatic carbocycles. The molecule has 0 aromatic heterocycles. The molecule has 1 aliphatic heterocycles. The van der Waals surface area contributed by atoms with Crippen LogP contribution in [-0.4, -0.2) is 9.52 Å². The standard InChI is InChI=1S/2C21H23.C12H9Si.Zr/c2*1-14(2)17-12-16-8-7-11-20(21(16)13-17)19-10-6-5-9-18(19)15(3)4;1-3-7-11-9(5-1)10-6-2-4-8-12(10)13-11;/h2*5-15H,1-4H3;1-7H,13H2;. The maximum absolute atomic E-state index is 2.89. The minimum absolute atomic E-state index is 0.451.